The quantitative estimate of drug-likeness (QED) is 0.488. The van der Waals surface area contributed by atoms with E-state index in [2.05, 4.69) is 0 Å². The summed E-state index contributed by atoms with van der Waals surface area (Å²) in [5.41, 5.74) is 2.15. The highest BCUT2D eigenvalue weighted by Crippen LogP contribution is 2.47. The van der Waals surface area contributed by atoms with Gasteiger partial charge in [0, 0.05) is 35.8 Å². The molecule has 3 aromatic rings. The second-order valence-electron chi connectivity index (χ2n) is 8.08. The molecule has 0 spiro atoms. The van der Waals surface area contributed by atoms with E-state index in [0.29, 0.717) is 82.2 Å². The van der Waals surface area contributed by atoms with E-state index in [1.54, 1.807) is 22.8 Å². The van der Waals surface area contributed by atoms with Gasteiger partial charge in [-0.05, 0) is 37.1 Å². The summed E-state index contributed by atoms with van der Waals surface area (Å²) in [5, 5.41) is 0.975. The Labute approximate surface area is 183 Å². The SMILES string of the molecule is COc1cc2c3c(n(C4CCOCC4)c(=O)c2cc1OC)-c1cc2c(cc1C3=O)OCO2. The van der Waals surface area contributed by atoms with Crippen molar-refractivity contribution in [1.29, 1.82) is 0 Å². The summed E-state index contributed by atoms with van der Waals surface area (Å²) in [6.07, 6.45) is 1.39. The Morgan fingerprint density at radius 3 is 2.16 bits per heavy atom. The summed E-state index contributed by atoms with van der Waals surface area (Å²) < 4.78 is 29.3. The highest BCUT2D eigenvalue weighted by atomic mass is 16.7. The fourth-order valence-electron chi connectivity index (χ4n) is 4.99. The first-order chi connectivity index (χ1) is 15.6. The fraction of sp³-hybridized carbons (Fsp3) is 0.333. The molecule has 0 saturated carbocycles. The van der Waals surface area contributed by atoms with Crippen LogP contribution in [-0.4, -0.2) is 44.6 Å². The third kappa shape index (κ3) is 2.53. The molecule has 3 heterocycles. The standard InChI is InChI=1S/C24H21NO7/c1-28-17-7-13-16(10-18(17)29-2)24(27)25(12-3-5-30-6-4-12)22-14-8-19-20(32-11-31-19)9-15(14)23(26)21(13)22/h7-10,12H,3-6,11H2,1-2H3. The average molecular weight is 435 g/mol. The lowest BCUT2D eigenvalue weighted by Gasteiger charge is -2.27. The fourth-order valence-corrected chi connectivity index (χ4v) is 4.99. The van der Waals surface area contributed by atoms with Crippen LogP contribution < -0.4 is 24.5 Å². The zero-order chi connectivity index (χ0) is 22.0. The highest BCUT2D eigenvalue weighted by molar-refractivity contribution is 6.27. The maximum Gasteiger partial charge on any atom is 0.259 e. The maximum absolute atomic E-state index is 13.9. The second-order valence-corrected chi connectivity index (χ2v) is 8.08. The minimum atomic E-state index is -0.162. The van der Waals surface area contributed by atoms with Gasteiger partial charge < -0.3 is 28.3 Å². The number of benzene rings is 2. The largest absolute Gasteiger partial charge is 0.493 e. The molecule has 2 aromatic carbocycles. The van der Waals surface area contributed by atoms with Gasteiger partial charge in [-0.25, -0.2) is 0 Å². The lowest BCUT2D eigenvalue weighted by Crippen LogP contribution is -2.31. The molecule has 0 bridgehead atoms. The van der Waals surface area contributed by atoms with Gasteiger partial charge in [-0.3, -0.25) is 9.59 Å². The molecule has 1 saturated heterocycles. The normalized spacial score (nSPS) is 16.9. The number of ether oxygens (including phenoxy) is 5. The molecular weight excluding hydrogens is 414 g/mol. The molecule has 8 heteroatoms. The van der Waals surface area contributed by atoms with E-state index < -0.39 is 0 Å². The van der Waals surface area contributed by atoms with Crippen LogP contribution in [0.5, 0.6) is 23.0 Å². The van der Waals surface area contributed by atoms with E-state index in [4.69, 9.17) is 23.7 Å². The van der Waals surface area contributed by atoms with Crippen LogP contribution >= 0.6 is 0 Å². The summed E-state index contributed by atoms with van der Waals surface area (Å²) in [6, 6.07) is 6.82. The molecule has 2 aliphatic heterocycles. The molecule has 32 heavy (non-hydrogen) atoms. The van der Waals surface area contributed by atoms with Gasteiger partial charge in [-0.1, -0.05) is 0 Å². The predicted octanol–water partition coefficient (Wildman–Crippen LogP) is 3.31. The van der Waals surface area contributed by atoms with Crippen molar-refractivity contribution in [2.45, 2.75) is 18.9 Å². The van der Waals surface area contributed by atoms with Crippen molar-refractivity contribution in [1.82, 2.24) is 4.57 Å². The van der Waals surface area contributed by atoms with Crippen molar-refractivity contribution >= 4 is 16.6 Å². The van der Waals surface area contributed by atoms with Crippen molar-refractivity contribution in [3.8, 4) is 34.3 Å². The lowest BCUT2D eigenvalue weighted by molar-refractivity contribution is 0.0692. The number of hydrogen-bond donors (Lipinski definition) is 0. The zero-order valence-electron chi connectivity index (χ0n) is 17.7. The van der Waals surface area contributed by atoms with Crippen LogP contribution in [0.3, 0.4) is 0 Å². The van der Waals surface area contributed by atoms with Gasteiger partial charge in [0.05, 0.1) is 30.9 Å². The number of carbonyl (C=O) groups is 1. The molecule has 0 amide bonds. The van der Waals surface area contributed by atoms with E-state index in [9.17, 15) is 9.59 Å². The van der Waals surface area contributed by atoms with Crippen LogP contribution in [0.1, 0.15) is 34.8 Å². The van der Waals surface area contributed by atoms with E-state index in [0.717, 1.165) is 0 Å². The van der Waals surface area contributed by atoms with Crippen LogP contribution in [0, 0.1) is 0 Å². The predicted molar refractivity (Wildman–Crippen MR) is 115 cm³/mol. The van der Waals surface area contributed by atoms with E-state index in [-0.39, 0.29) is 24.2 Å². The van der Waals surface area contributed by atoms with E-state index >= 15 is 0 Å². The first-order valence-electron chi connectivity index (χ1n) is 10.5. The van der Waals surface area contributed by atoms with Crippen LogP contribution in [-0.2, 0) is 4.74 Å². The summed E-state index contributed by atoms with van der Waals surface area (Å²) in [5.74, 6) is 1.87. The number of ketones is 1. The lowest BCUT2D eigenvalue weighted by atomic mass is 9.99. The van der Waals surface area contributed by atoms with Gasteiger partial charge in [0.25, 0.3) is 5.56 Å². The van der Waals surface area contributed by atoms with Crippen LogP contribution in [0.25, 0.3) is 22.0 Å². The van der Waals surface area contributed by atoms with Crippen molar-refractivity contribution in [2.24, 2.45) is 0 Å². The minimum absolute atomic E-state index is 0.0772. The third-order valence-electron chi connectivity index (χ3n) is 6.52. The number of fused-ring (bicyclic) bond motifs is 6. The Hall–Kier alpha value is -3.52. The van der Waals surface area contributed by atoms with Gasteiger partial charge in [0.1, 0.15) is 0 Å². The number of methoxy groups -OCH3 is 2. The molecule has 164 valence electrons. The van der Waals surface area contributed by atoms with E-state index in [1.165, 1.54) is 14.2 Å². The molecule has 1 aromatic heterocycles. The Morgan fingerprint density at radius 2 is 1.50 bits per heavy atom. The molecule has 3 aliphatic rings. The number of pyridine rings is 1. The Kier molecular flexibility index (Phi) is 4.19. The Bertz CT molecular complexity index is 1350. The number of carbonyl (C=O) groups excluding carboxylic acids is 1. The summed E-state index contributed by atoms with van der Waals surface area (Å²) in [4.78, 5) is 27.6. The van der Waals surface area contributed by atoms with Crippen LogP contribution in [0.2, 0.25) is 0 Å². The van der Waals surface area contributed by atoms with Crippen LogP contribution in [0.4, 0.5) is 0 Å². The molecule has 0 N–H and O–H groups in total. The Morgan fingerprint density at radius 1 is 0.875 bits per heavy atom. The van der Waals surface area contributed by atoms with Gasteiger partial charge in [-0.2, -0.15) is 0 Å². The number of aromatic nitrogens is 1. The van der Waals surface area contributed by atoms with Crippen molar-refractivity contribution in [2.75, 3.05) is 34.2 Å². The second kappa shape index (κ2) is 7.00. The van der Waals surface area contributed by atoms with Gasteiger partial charge in [-0.15, -0.1) is 0 Å². The van der Waals surface area contributed by atoms with Gasteiger partial charge in [0.2, 0.25) is 6.79 Å². The number of hydrogen-bond acceptors (Lipinski definition) is 7. The average Bonchev–Trinajstić information content (AvgIpc) is 3.40. The van der Waals surface area contributed by atoms with Gasteiger partial charge in [0.15, 0.2) is 28.8 Å². The number of rotatable bonds is 3. The summed E-state index contributed by atoms with van der Waals surface area (Å²) in [6.45, 7) is 1.25. The summed E-state index contributed by atoms with van der Waals surface area (Å²) in [7, 11) is 3.06. The smallest absolute Gasteiger partial charge is 0.259 e. The third-order valence-corrected chi connectivity index (χ3v) is 6.52. The molecule has 1 aliphatic carbocycles. The topological polar surface area (TPSA) is 85.2 Å². The number of nitrogens with zero attached hydrogens (tertiary/aromatic N) is 1. The molecule has 0 atom stereocenters. The van der Waals surface area contributed by atoms with Crippen molar-refractivity contribution in [3.05, 3.63) is 45.7 Å². The van der Waals surface area contributed by atoms with Crippen molar-refractivity contribution < 1.29 is 28.5 Å². The van der Waals surface area contributed by atoms with Crippen LogP contribution in [0.15, 0.2) is 29.1 Å². The Balaban J connectivity index is 1.73. The molecule has 0 unspecified atom stereocenters. The van der Waals surface area contributed by atoms with E-state index in [1.807, 2.05) is 6.07 Å². The monoisotopic (exact) mass is 435 g/mol. The molecule has 0 radical (unpaired) electrons. The molecule has 1 fully saturated rings. The first kappa shape index (κ1) is 19.2. The molecule has 8 nitrogen and oxygen atoms in total. The zero-order valence-corrected chi connectivity index (χ0v) is 17.7. The molecule has 6 rings (SSSR count). The maximum atomic E-state index is 13.9. The summed E-state index contributed by atoms with van der Waals surface area (Å²) >= 11 is 0. The molecular formula is C24H21NO7. The van der Waals surface area contributed by atoms with Crippen molar-refractivity contribution in [3.63, 3.8) is 0 Å². The first-order valence-corrected chi connectivity index (χ1v) is 10.5. The highest BCUT2D eigenvalue weighted by Gasteiger charge is 2.37. The van der Waals surface area contributed by atoms with Gasteiger partial charge >= 0.3 is 0 Å². The minimum Gasteiger partial charge on any atom is -0.493 e.